The van der Waals surface area contributed by atoms with E-state index in [0.717, 1.165) is 36.5 Å². The highest BCUT2D eigenvalue weighted by molar-refractivity contribution is 5.89. The molecule has 0 spiro atoms. The molecule has 5 fully saturated rings. The highest BCUT2D eigenvalue weighted by Gasteiger charge is 2.71. The Labute approximate surface area is 239 Å². The first-order chi connectivity index (χ1) is 18.3. The van der Waals surface area contributed by atoms with Gasteiger partial charge in [0.05, 0.1) is 5.56 Å². The molecule has 39 heavy (non-hydrogen) atoms. The number of hydrogen-bond acceptors (Lipinski definition) is 2. The SMILES string of the molecule is CC(C)[C@@H]1CC[C@]2(C)CC[C@]3(C)[C@H](CC[C@@H]4[C@]5(C)[C@@H](OC(=O)c6ccccc6)CCC(C)(C)[C@@H]5CC[C@]43C)[C@@H]12. The van der Waals surface area contributed by atoms with E-state index in [-0.39, 0.29) is 17.5 Å². The molecular formula is C37H56O2. The van der Waals surface area contributed by atoms with Crippen molar-refractivity contribution in [2.45, 2.75) is 126 Å². The fourth-order valence-electron chi connectivity index (χ4n) is 12.7. The van der Waals surface area contributed by atoms with Gasteiger partial charge in [0.2, 0.25) is 0 Å². The monoisotopic (exact) mass is 532 g/mol. The number of esters is 1. The summed E-state index contributed by atoms with van der Waals surface area (Å²) < 4.78 is 6.60. The van der Waals surface area contributed by atoms with E-state index in [4.69, 9.17) is 4.74 Å². The summed E-state index contributed by atoms with van der Waals surface area (Å²) in [5, 5.41) is 0. The molecule has 0 amide bonds. The fraction of sp³-hybridized carbons (Fsp3) is 0.811. The summed E-state index contributed by atoms with van der Waals surface area (Å²) in [6.45, 7) is 20.7. The molecule has 0 bridgehead atoms. The Kier molecular flexibility index (Phi) is 6.49. The van der Waals surface area contributed by atoms with E-state index in [0.29, 0.717) is 39.1 Å². The van der Waals surface area contributed by atoms with Crippen LogP contribution in [0.2, 0.25) is 0 Å². The Bertz CT molecular complexity index is 1090. The molecule has 0 aliphatic heterocycles. The van der Waals surface area contributed by atoms with Crippen LogP contribution in [0, 0.1) is 62.6 Å². The third kappa shape index (κ3) is 3.81. The van der Waals surface area contributed by atoms with Crippen molar-refractivity contribution in [1.29, 1.82) is 0 Å². The maximum absolute atomic E-state index is 13.5. The number of hydrogen-bond donors (Lipinski definition) is 0. The zero-order valence-electron chi connectivity index (χ0n) is 26.3. The highest BCUT2D eigenvalue weighted by Crippen LogP contribution is 2.77. The molecule has 0 N–H and O–H groups in total. The Balaban J connectivity index is 1.38. The van der Waals surface area contributed by atoms with Crippen molar-refractivity contribution in [1.82, 2.24) is 0 Å². The van der Waals surface area contributed by atoms with Gasteiger partial charge >= 0.3 is 5.97 Å². The fourth-order valence-corrected chi connectivity index (χ4v) is 12.7. The van der Waals surface area contributed by atoms with Crippen LogP contribution in [0.1, 0.15) is 130 Å². The lowest BCUT2D eigenvalue weighted by Gasteiger charge is -2.73. The molecule has 0 saturated heterocycles. The van der Waals surface area contributed by atoms with Gasteiger partial charge in [0, 0.05) is 5.41 Å². The molecule has 1 aromatic carbocycles. The predicted octanol–water partition coefficient (Wildman–Crippen LogP) is 9.97. The molecule has 2 heteroatoms. The van der Waals surface area contributed by atoms with Crippen molar-refractivity contribution in [3.63, 3.8) is 0 Å². The molecule has 0 aromatic heterocycles. The largest absolute Gasteiger partial charge is 0.458 e. The van der Waals surface area contributed by atoms with Crippen LogP contribution in [0.25, 0.3) is 0 Å². The molecule has 5 aliphatic carbocycles. The van der Waals surface area contributed by atoms with Gasteiger partial charge in [-0.05, 0) is 134 Å². The molecule has 216 valence electrons. The molecule has 2 nitrogen and oxygen atoms in total. The van der Waals surface area contributed by atoms with Crippen molar-refractivity contribution in [2.75, 3.05) is 0 Å². The van der Waals surface area contributed by atoms with Gasteiger partial charge in [-0.1, -0.05) is 73.6 Å². The topological polar surface area (TPSA) is 26.3 Å². The quantitative estimate of drug-likeness (QED) is 0.362. The number of carbonyl (C=O) groups is 1. The lowest BCUT2D eigenvalue weighted by molar-refractivity contribution is -0.260. The Morgan fingerprint density at radius 3 is 2.18 bits per heavy atom. The number of fused-ring (bicyclic) bond motifs is 7. The average Bonchev–Trinajstić information content (AvgIpc) is 3.24. The van der Waals surface area contributed by atoms with Gasteiger partial charge in [0.25, 0.3) is 0 Å². The van der Waals surface area contributed by atoms with E-state index < -0.39 is 0 Å². The van der Waals surface area contributed by atoms with E-state index in [1.54, 1.807) is 0 Å². The maximum Gasteiger partial charge on any atom is 0.338 e. The first kappa shape index (κ1) is 27.8. The van der Waals surface area contributed by atoms with Crippen molar-refractivity contribution >= 4 is 5.97 Å². The molecule has 5 saturated carbocycles. The first-order valence-electron chi connectivity index (χ1n) is 16.5. The van der Waals surface area contributed by atoms with E-state index in [2.05, 4.69) is 55.4 Å². The van der Waals surface area contributed by atoms with E-state index >= 15 is 0 Å². The predicted molar refractivity (Wildman–Crippen MR) is 160 cm³/mol. The molecule has 0 radical (unpaired) electrons. The second-order valence-electron chi connectivity index (χ2n) is 16.9. The van der Waals surface area contributed by atoms with Gasteiger partial charge in [0.15, 0.2) is 0 Å². The van der Waals surface area contributed by atoms with Crippen molar-refractivity contribution < 1.29 is 9.53 Å². The Hall–Kier alpha value is -1.31. The Morgan fingerprint density at radius 2 is 1.49 bits per heavy atom. The second-order valence-corrected chi connectivity index (χ2v) is 16.9. The van der Waals surface area contributed by atoms with Crippen LogP contribution in [0.5, 0.6) is 0 Å². The highest BCUT2D eigenvalue weighted by atomic mass is 16.5. The normalized spacial score (nSPS) is 48.4. The van der Waals surface area contributed by atoms with Crippen molar-refractivity contribution in [3.05, 3.63) is 35.9 Å². The lowest BCUT2D eigenvalue weighted by atomic mass is 9.32. The van der Waals surface area contributed by atoms with Crippen molar-refractivity contribution in [2.24, 2.45) is 62.6 Å². The van der Waals surface area contributed by atoms with Crippen molar-refractivity contribution in [3.8, 4) is 0 Å². The van der Waals surface area contributed by atoms with Gasteiger partial charge in [-0.15, -0.1) is 0 Å². The number of rotatable bonds is 3. The minimum atomic E-state index is -0.119. The third-order valence-corrected chi connectivity index (χ3v) is 14.9. The zero-order valence-corrected chi connectivity index (χ0v) is 26.3. The van der Waals surface area contributed by atoms with Gasteiger partial charge in [0.1, 0.15) is 6.10 Å². The summed E-state index contributed by atoms with van der Waals surface area (Å²) in [5.41, 5.74) is 2.25. The second kappa shape index (κ2) is 9.09. The number of benzene rings is 1. The summed E-state index contributed by atoms with van der Waals surface area (Å²) in [6, 6.07) is 9.71. The number of ether oxygens (including phenoxy) is 1. The lowest BCUT2D eigenvalue weighted by Crippen LogP contribution is -2.68. The van der Waals surface area contributed by atoms with Crippen LogP contribution in [-0.2, 0) is 4.74 Å². The van der Waals surface area contributed by atoms with Crippen LogP contribution < -0.4 is 0 Å². The molecule has 0 heterocycles. The van der Waals surface area contributed by atoms with Crippen LogP contribution in [0.15, 0.2) is 30.3 Å². The number of carbonyl (C=O) groups excluding carboxylic acids is 1. The molecule has 6 rings (SSSR count). The average molecular weight is 533 g/mol. The van der Waals surface area contributed by atoms with Gasteiger partial charge in [-0.25, -0.2) is 4.79 Å². The van der Waals surface area contributed by atoms with Crippen LogP contribution in [0.4, 0.5) is 0 Å². The minimum absolute atomic E-state index is 0.0109. The summed E-state index contributed by atoms with van der Waals surface area (Å²) in [4.78, 5) is 13.5. The maximum atomic E-state index is 13.5. The van der Waals surface area contributed by atoms with Gasteiger partial charge in [-0.2, -0.15) is 0 Å². The molecule has 10 atom stereocenters. The Morgan fingerprint density at radius 1 is 0.769 bits per heavy atom. The minimum Gasteiger partial charge on any atom is -0.458 e. The summed E-state index contributed by atoms with van der Waals surface area (Å²) in [7, 11) is 0. The summed E-state index contributed by atoms with van der Waals surface area (Å²) in [6.07, 6.45) is 13.2. The molecule has 5 aliphatic rings. The van der Waals surface area contributed by atoms with Crippen LogP contribution >= 0.6 is 0 Å². The van der Waals surface area contributed by atoms with Gasteiger partial charge in [-0.3, -0.25) is 0 Å². The molecular weight excluding hydrogens is 476 g/mol. The third-order valence-electron chi connectivity index (χ3n) is 14.9. The first-order valence-corrected chi connectivity index (χ1v) is 16.5. The van der Waals surface area contributed by atoms with E-state index in [1.165, 1.54) is 51.4 Å². The summed E-state index contributed by atoms with van der Waals surface area (Å²) in [5.74, 6) is 4.50. The summed E-state index contributed by atoms with van der Waals surface area (Å²) >= 11 is 0. The van der Waals surface area contributed by atoms with E-state index in [9.17, 15) is 4.79 Å². The standard InChI is InChI=1S/C37H56O2/c1-24(2)26-16-20-34(5)22-23-35(6)27(31(26)34)14-15-29-36(35,7)21-17-28-33(3,4)19-18-30(37(28,29)8)39-32(38)25-12-10-9-11-13-25/h9-13,24,26-31H,14-23H2,1-8H3/t26-,27+,28-,29-,30-,31+,34+,35+,36+,37+/m0/s1. The smallest absolute Gasteiger partial charge is 0.338 e. The van der Waals surface area contributed by atoms with Crippen LogP contribution in [0.3, 0.4) is 0 Å². The molecule has 1 aromatic rings. The zero-order chi connectivity index (χ0) is 28.0. The molecule has 0 unspecified atom stereocenters. The van der Waals surface area contributed by atoms with Gasteiger partial charge < -0.3 is 4.74 Å². The van der Waals surface area contributed by atoms with Crippen LogP contribution in [-0.4, -0.2) is 12.1 Å². The van der Waals surface area contributed by atoms with E-state index in [1.807, 2.05) is 30.3 Å².